The van der Waals surface area contributed by atoms with Crippen molar-refractivity contribution in [3.8, 4) is 0 Å². The van der Waals surface area contributed by atoms with Crippen LogP contribution in [-0.4, -0.2) is 23.9 Å². The minimum absolute atomic E-state index is 0.0549. The fourth-order valence-corrected chi connectivity index (χ4v) is 2.40. The lowest BCUT2D eigenvalue weighted by Crippen LogP contribution is -2.29. The zero-order valence-corrected chi connectivity index (χ0v) is 10.7. The Labute approximate surface area is 106 Å². The molecule has 0 aliphatic heterocycles. The molecule has 0 aromatic carbocycles. The van der Waals surface area contributed by atoms with Crippen molar-refractivity contribution in [2.24, 2.45) is 0 Å². The Balaban J connectivity index is 2.40. The number of pyridine rings is 1. The van der Waals surface area contributed by atoms with Gasteiger partial charge in [0.1, 0.15) is 0 Å². The first-order chi connectivity index (χ1) is 8.63. The van der Waals surface area contributed by atoms with Gasteiger partial charge in [-0.2, -0.15) is 0 Å². The summed E-state index contributed by atoms with van der Waals surface area (Å²) in [4.78, 5) is 23.7. The lowest BCUT2D eigenvalue weighted by Gasteiger charge is -2.20. The lowest BCUT2D eigenvalue weighted by atomic mass is 9.94. The molecule has 18 heavy (non-hydrogen) atoms. The molecule has 1 aromatic rings. The molecule has 0 spiro atoms. The van der Waals surface area contributed by atoms with Gasteiger partial charge in [0.2, 0.25) is 0 Å². The number of fused-ring (bicyclic) bond motifs is 1. The molecular formula is C14H18N2O2. The summed E-state index contributed by atoms with van der Waals surface area (Å²) in [5, 5.41) is 3.01. The number of rotatable bonds is 4. The molecule has 0 bridgehead atoms. The normalized spacial score (nSPS) is 14.4. The Bertz CT molecular complexity index is 543. The fourth-order valence-electron chi connectivity index (χ4n) is 2.40. The van der Waals surface area contributed by atoms with Crippen LogP contribution in [0, 0.1) is 0 Å². The molecule has 1 aliphatic carbocycles. The molecule has 1 heterocycles. The maximum atomic E-state index is 11.9. The number of hydrogen-bond acceptors (Lipinski definition) is 3. The Morgan fingerprint density at radius 1 is 1.39 bits per heavy atom. The standard InChI is InChI=1S/C14H18N2O2/c1-10(8-15-2)9-16-12-4-3-5-13(17)11(12)6-7-14(16)18/h6-7,15H,1,3-5,8-9H2,2H3. The number of ketones is 1. The van der Waals surface area contributed by atoms with Gasteiger partial charge in [-0.3, -0.25) is 9.59 Å². The Hall–Kier alpha value is -1.68. The highest BCUT2D eigenvalue weighted by Gasteiger charge is 2.20. The first kappa shape index (κ1) is 12.8. The Morgan fingerprint density at radius 3 is 2.89 bits per heavy atom. The van der Waals surface area contributed by atoms with E-state index in [4.69, 9.17) is 0 Å². The van der Waals surface area contributed by atoms with Gasteiger partial charge in [-0.25, -0.2) is 0 Å². The van der Waals surface area contributed by atoms with Crippen LogP contribution in [0.5, 0.6) is 0 Å². The second-order valence-corrected chi connectivity index (χ2v) is 4.68. The van der Waals surface area contributed by atoms with Crippen molar-refractivity contribution in [2.75, 3.05) is 13.6 Å². The van der Waals surface area contributed by atoms with E-state index in [1.165, 1.54) is 6.07 Å². The largest absolute Gasteiger partial charge is 0.316 e. The number of hydrogen-bond donors (Lipinski definition) is 1. The van der Waals surface area contributed by atoms with E-state index in [1.807, 2.05) is 7.05 Å². The van der Waals surface area contributed by atoms with Crippen LogP contribution >= 0.6 is 0 Å². The molecule has 1 N–H and O–H groups in total. The summed E-state index contributed by atoms with van der Waals surface area (Å²) < 4.78 is 1.69. The van der Waals surface area contributed by atoms with Crippen molar-refractivity contribution >= 4 is 5.78 Å². The van der Waals surface area contributed by atoms with Crippen molar-refractivity contribution in [2.45, 2.75) is 25.8 Å². The molecule has 0 saturated heterocycles. The highest BCUT2D eigenvalue weighted by Crippen LogP contribution is 2.20. The van der Waals surface area contributed by atoms with E-state index < -0.39 is 0 Å². The van der Waals surface area contributed by atoms with Gasteiger partial charge in [0, 0.05) is 36.8 Å². The lowest BCUT2D eigenvalue weighted by molar-refractivity contribution is 0.0970. The first-order valence-electron chi connectivity index (χ1n) is 6.20. The summed E-state index contributed by atoms with van der Waals surface area (Å²) in [6.45, 7) is 5.09. The summed E-state index contributed by atoms with van der Waals surface area (Å²) >= 11 is 0. The van der Waals surface area contributed by atoms with Crippen LogP contribution in [0.15, 0.2) is 29.1 Å². The Kier molecular flexibility index (Phi) is 3.77. The number of likely N-dealkylation sites (N-methyl/N-ethyl adjacent to an activating group) is 1. The zero-order chi connectivity index (χ0) is 13.1. The third-order valence-electron chi connectivity index (χ3n) is 3.22. The van der Waals surface area contributed by atoms with Gasteiger partial charge in [0.25, 0.3) is 5.56 Å². The Morgan fingerprint density at radius 2 is 2.17 bits per heavy atom. The van der Waals surface area contributed by atoms with E-state index in [0.717, 1.165) is 24.1 Å². The summed E-state index contributed by atoms with van der Waals surface area (Å²) in [6.07, 6.45) is 2.21. The van der Waals surface area contributed by atoms with Crippen molar-refractivity contribution < 1.29 is 4.79 Å². The molecule has 2 rings (SSSR count). The molecule has 1 aliphatic rings. The van der Waals surface area contributed by atoms with Crippen molar-refractivity contribution in [1.82, 2.24) is 9.88 Å². The van der Waals surface area contributed by atoms with Gasteiger partial charge in [-0.1, -0.05) is 6.58 Å². The summed E-state index contributed by atoms with van der Waals surface area (Å²) in [5.41, 5.74) is 2.46. The molecule has 0 saturated carbocycles. The third-order valence-corrected chi connectivity index (χ3v) is 3.22. The highest BCUT2D eigenvalue weighted by molar-refractivity contribution is 5.97. The monoisotopic (exact) mass is 246 g/mol. The first-order valence-corrected chi connectivity index (χ1v) is 6.20. The number of nitrogens with zero attached hydrogens (tertiary/aromatic N) is 1. The van der Waals surface area contributed by atoms with Gasteiger partial charge in [-0.15, -0.1) is 0 Å². The maximum absolute atomic E-state index is 11.9. The van der Waals surface area contributed by atoms with E-state index in [2.05, 4.69) is 11.9 Å². The minimum atomic E-state index is -0.0549. The van der Waals surface area contributed by atoms with Crippen molar-refractivity contribution in [3.05, 3.63) is 45.9 Å². The van der Waals surface area contributed by atoms with Crippen molar-refractivity contribution in [3.63, 3.8) is 0 Å². The highest BCUT2D eigenvalue weighted by atomic mass is 16.1. The second kappa shape index (κ2) is 5.31. The smallest absolute Gasteiger partial charge is 0.251 e. The zero-order valence-electron chi connectivity index (χ0n) is 10.7. The molecule has 0 fully saturated rings. The molecule has 4 heteroatoms. The number of Topliss-reactive ketones (excluding diaryl/α,β-unsaturated/α-hetero) is 1. The van der Waals surface area contributed by atoms with E-state index >= 15 is 0 Å². The number of nitrogens with one attached hydrogen (secondary N) is 1. The molecule has 0 atom stereocenters. The predicted molar refractivity (Wildman–Crippen MR) is 71.0 cm³/mol. The topological polar surface area (TPSA) is 51.1 Å². The average molecular weight is 246 g/mol. The van der Waals surface area contributed by atoms with Gasteiger partial charge in [0.15, 0.2) is 5.78 Å². The van der Waals surface area contributed by atoms with Crippen LogP contribution in [0.4, 0.5) is 0 Å². The number of carbonyl (C=O) groups excluding carboxylic acids is 1. The number of aromatic nitrogens is 1. The van der Waals surface area contributed by atoms with Crippen LogP contribution in [0.2, 0.25) is 0 Å². The summed E-state index contributed by atoms with van der Waals surface area (Å²) in [5.74, 6) is 0.143. The summed E-state index contributed by atoms with van der Waals surface area (Å²) in [7, 11) is 1.85. The van der Waals surface area contributed by atoms with Gasteiger partial charge < -0.3 is 9.88 Å². The van der Waals surface area contributed by atoms with Gasteiger partial charge in [-0.05, 0) is 31.5 Å². The maximum Gasteiger partial charge on any atom is 0.251 e. The van der Waals surface area contributed by atoms with Crippen LogP contribution in [0.3, 0.4) is 0 Å². The van der Waals surface area contributed by atoms with E-state index in [1.54, 1.807) is 10.6 Å². The molecule has 4 nitrogen and oxygen atoms in total. The molecule has 96 valence electrons. The van der Waals surface area contributed by atoms with Gasteiger partial charge in [0.05, 0.1) is 0 Å². The fraction of sp³-hybridized carbons (Fsp3) is 0.429. The molecule has 0 amide bonds. The predicted octanol–water partition coefficient (Wildman–Crippen LogP) is 1.14. The molecule has 0 radical (unpaired) electrons. The minimum Gasteiger partial charge on any atom is -0.316 e. The average Bonchev–Trinajstić information content (AvgIpc) is 2.33. The molecule has 0 unspecified atom stereocenters. The molecule has 1 aromatic heterocycles. The van der Waals surface area contributed by atoms with Crippen molar-refractivity contribution in [1.29, 1.82) is 0 Å². The van der Waals surface area contributed by atoms with E-state index in [0.29, 0.717) is 25.1 Å². The van der Waals surface area contributed by atoms with Crippen LogP contribution < -0.4 is 10.9 Å². The van der Waals surface area contributed by atoms with Crippen LogP contribution in [0.1, 0.15) is 28.9 Å². The SMILES string of the molecule is C=C(CNC)Cn1c2c(ccc1=O)C(=O)CCC2. The third kappa shape index (κ3) is 2.43. The van der Waals surface area contributed by atoms with E-state index in [-0.39, 0.29) is 11.3 Å². The van der Waals surface area contributed by atoms with E-state index in [9.17, 15) is 9.59 Å². The number of carbonyl (C=O) groups is 1. The van der Waals surface area contributed by atoms with Crippen LogP contribution in [-0.2, 0) is 13.0 Å². The van der Waals surface area contributed by atoms with Crippen LogP contribution in [0.25, 0.3) is 0 Å². The van der Waals surface area contributed by atoms with Gasteiger partial charge >= 0.3 is 0 Å². The second-order valence-electron chi connectivity index (χ2n) is 4.68. The quantitative estimate of drug-likeness (QED) is 0.811. The summed E-state index contributed by atoms with van der Waals surface area (Å²) in [6, 6.07) is 3.14. The molecular weight excluding hydrogens is 228 g/mol.